The number of amides is 4. The van der Waals surface area contributed by atoms with Gasteiger partial charge in [0.15, 0.2) is 0 Å². The molecule has 7 heteroatoms. The summed E-state index contributed by atoms with van der Waals surface area (Å²) in [6.45, 7) is 13.2. The standard InChI is InChI=1S/C27H41N3O4/c1-25(2,3)19-16-18(17-20(22(19)32)26(4,5)6)10-11-21(31)28-14-9-15-30-23(33)27(29-24(30)34)12-7-8-13-27/h16-17,32H,7-15H2,1-6H3,(H,28,31)(H,29,34). The van der Waals surface area contributed by atoms with Crippen molar-refractivity contribution in [2.24, 2.45) is 0 Å². The lowest BCUT2D eigenvalue weighted by Gasteiger charge is -2.28. The molecule has 1 spiro atoms. The van der Waals surface area contributed by atoms with Gasteiger partial charge in [0.2, 0.25) is 5.91 Å². The molecule has 1 aromatic rings. The molecule has 2 aliphatic rings. The molecule has 7 nitrogen and oxygen atoms in total. The molecular weight excluding hydrogens is 430 g/mol. The van der Waals surface area contributed by atoms with Gasteiger partial charge in [0.05, 0.1) is 0 Å². The van der Waals surface area contributed by atoms with E-state index in [4.69, 9.17) is 0 Å². The number of urea groups is 1. The molecule has 0 bridgehead atoms. The number of phenols is 1. The number of aryl methyl sites for hydroxylation is 1. The van der Waals surface area contributed by atoms with Crippen LogP contribution in [0, 0.1) is 0 Å². The van der Waals surface area contributed by atoms with Crippen molar-refractivity contribution in [2.45, 2.75) is 103 Å². The molecule has 0 unspecified atom stereocenters. The van der Waals surface area contributed by atoms with E-state index in [-0.39, 0.29) is 28.7 Å². The normalized spacial score (nSPS) is 18.0. The molecule has 1 aliphatic carbocycles. The Bertz CT molecular complexity index is 915. The minimum absolute atomic E-state index is 0.0628. The maximum absolute atomic E-state index is 12.7. The summed E-state index contributed by atoms with van der Waals surface area (Å²) in [5.41, 5.74) is 1.72. The highest BCUT2D eigenvalue weighted by Gasteiger charge is 2.52. The average Bonchev–Trinajstić information content (AvgIpc) is 3.28. The Hall–Kier alpha value is -2.57. The minimum atomic E-state index is -0.678. The lowest BCUT2D eigenvalue weighted by atomic mass is 9.78. The third-order valence-electron chi connectivity index (χ3n) is 7.01. The molecule has 2 fully saturated rings. The molecule has 1 aliphatic heterocycles. The Balaban J connectivity index is 1.52. The Kier molecular flexibility index (Phi) is 7.34. The summed E-state index contributed by atoms with van der Waals surface area (Å²) < 4.78 is 0. The van der Waals surface area contributed by atoms with Crippen LogP contribution in [0.4, 0.5) is 4.79 Å². The smallest absolute Gasteiger partial charge is 0.325 e. The number of nitrogens with one attached hydrogen (secondary N) is 2. The summed E-state index contributed by atoms with van der Waals surface area (Å²) in [6.07, 6.45) is 4.81. The van der Waals surface area contributed by atoms with Crippen LogP contribution in [-0.4, -0.2) is 46.5 Å². The van der Waals surface area contributed by atoms with Crippen LogP contribution in [0.3, 0.4) is 0 Å². The fourth-order valence-electron chi connectivity index (χ4n) is 4.99. The second-order valence-electron chi connectivity index (χ2n) is 11.9. The van der Waals surface area contributed by atoms with Crippen molar-refractivity contribution >= 4 is 17.8 Å². The van der Waals surface area contributed by atoms with Crippen LogP contribution in [0.15, 0.2) is 12.1 Å². The van der Waals surface area contributed by atoms with Gasteiger partial charge in [-0.05, 0) is 53.2 Å². The molecular formula is C27H41N3O4. The Morgan fingerprint density at radius 1 is 1.06 bits per heavy atom. The Morgan fingerprint density at radius 3 is 2.15 bits per heavy atom. The maximum atomic E-state index is 12.7. The van der Waals surface area contributed by atoms with Gasteiger partial charge >= 0.3 is 6.03 Å². The minimum Gasteiger partial charge on any atom is -0.507 e. The number of benzene rings is 1. The molecule has 0 aromatic heterocycles. The third-order valence-corrected chi connectivity index (χ3v) is 7.01. The summed E-state index contributed by atoms with van der Waals surface area (Å²) in [6, 6.07) is 3.71. The number of carbonyl (C=O) groups is 3. The van der Waals surface area contributed by atoms with E-state index in [0.717, 1.165) is 42.4 Å². The Labute approximate surface area is 203 Å². The molecule has 1 saturated carbocycles. The van der Waals surface area contributed by atoms with Gasteiger partial charge in [-0.1, -0.05) is 66.5 Å². The molecule has 3 N–H and O–H groups in total. The molecule has 1 aromatic carbocycles. The van der Waals surface area contributed by atoms with Gasteiger partial charge in [-0.2, -0.15) is 0 Å². The van der Waals surface area contributed by atoms with E-state index in [1.165, 1.54) is 4.90 Å². The highest BCUT2D eigenvalue weighted by atomic mass is 16.3. The lowest BCUT2D eigenvalue weighted by Crippen LogP contribution is -2.44. The number of hydrogen-bond acceptors (Lipinski definition) is 4. The molecule has 4 amide bonds. The molecule has 188 valence electrons. The first kappa shape index (κ1) is 26.0. The zero-order chi connectivity index (χ0) is 25.3. The van der Waals surface area contributed by atoms with E-state index >= 15 is 0 Å². The summed E-state index contributed by atoms with van der Waals surface area (Å²) >= 11 is 0. The number of carbonyl (C=O) groups excluding carboxylic acids is 3. The van der Waals surface area contributed by atoms with E-state index in [1.54, 1.807) is 0 Å². The van der Waals surface area contributed by atoms with Crippen LogP contribution in [0.25, 0.3) is 0 Å². The SMILES string of the molecule is CC(C)(C)c1cc(CCC(=O)NCCCN2C(=O)NC3(CCCC3)C2=O)cc(C(C)(C)C)c1O. The van der Waals surface area contributed by atoms with Crippen LogP contribution in [0.2, 0.25) is 0 Å². The zero-order valence-electron chi connectivity index (χ0n) is 21.6. The van der Waals surface area contributed by atoms with Gasteiger partial charge in [-0.25, -0.2) is 4.79 Å². The maximum Gasteiger partial charge on any atom is 0.325 e. The number of phenolic OH excluding ortho intramolecular Hbond substituents is 1. The molecule has 0 radical (unpaired) electrons. The lowest BCUT2D eigenvalue weighted by molar-refractivity contribution is -0.131. The molecule has 34 heavy (non-hydrogen) atoms. The van der Waals surface area contributed by atoms with E-state index in [0.29, 0.717) is 38.1 Å². The average molecular weight is 472 g/mol. The van der Waals surface area contributed by atoms with E-state index < -0.39 is 5.54 Å². The largest absolute Gasteiger partial charge is 0.507 e. The van der Waals surface area contributed by atoms with Crippen LogP contribution in [-0.2, 0) is 26.8 Å². The summed E-state index contributed by atoms with van der Waals surface area (Å²) in [7, 11) is 0. The summed E-state index contributed by atoms with van der Waals surface area (Å²) in [5, 5.41) is 16.7. The van der Waals surface area contributed by atoms with Crippen LogP contribution >= 0.6 is 0 Å². The highest BCUT2D eigenvalue weighted by Crippen LogP contribution is 2.40. The number of aromatic hydroxyl groups is 1. The molecule has 0 atom stereocenters. The van der Waals surface area contributed by atoms with Crippen molar-refractivity contribution in [3.05, 3.63) is 28.8 Å². The second kappa shape index (κ2) is 9.59. The van der Waals surface area contributed by atoms with Gasteiger partial charge in [-0.15, -0.1) is 0 Å². The van der Waals surface area contributed by atoms with Gasteiger partial charge in [0, 0.05) is 19.5 Å². The number of imide groups is 1. The van der Waals surface area contributed by atoms with Crippen molar-refractivity contribution in [1.82, 2.24) is 15.5 Å². The summed E-state index contributed by atoms with van der Waals surface area (Å²) in [4.78, 5) is 38.7. The van der Waals surface area contributed by atoms with E-state index in [2.05, 4.69) is 52.2 Å². The topological polar surface area (TPSA) is 98.7 Å². The van der Waals surface area contributed by atoms with Gasteiger partial charge in [0.25, 0.3) is 5.91 Å². The van der Waals surface area contributed by atoms with Crippen LogP contribution < -0.4 is 10.6 Å². The predicted molar refractivity (Wildman–Crippen MR) is 133 cm³/mol. The van der Waals surface area contributed by atoms with Crippen molar-refractivity contribution in [1.29, 1.82) is 0 Å². The van der Waals surface area contributed by atoms with Crippen LogP contribution in [0.1, 0.15) is 96.8 Å². The van der Waals surface area contributed by atoms with Gasteiger partial charge in [-0.3, -0.25) is 14.5 Å². The van der Waals surface area contributed by atoms with Gasteiger partial charge in [0.1, 0.15) is 11.3 Å². The fourth-order valence-corrected chi connectivity index (χ4v) is 4.99. The first-order chi connectivity index (χ1) is 15.7. The first-order valence-corrected chi connectivity index (χ1v) is 12.5. The van der Waals surface area contributed by atoms with Crippen molar-refractivity contribution in [3.63, 3.8) is 0 Å². The first-order valence-electron chi connectivity index (χ1n) is 12.5. The number of hydrogen-bond donors (Lipinski definition) is 3. The molecule has 1 saturated heterocycles. The molecule has 1 heterocycles. The summed E-state index contributed by atoms with van der Waals surface area (Å²) in [5.74, 6) is 0.165. The quantitative estimate of drug-likeness (QED) is 0.408. The second-order valence-corrected chi connectivity index (χ2v) is 11.9. The van der Waals surface area contributed by atoms with Crippen LogP contribution in [0.5, 0.6) is 5.75 Å². The Morgan fingerprint density at radius 2 is 1.62 bits per heavy atom. The number of rotatable bonds is 7. The fraction of sp³-hybridized carbons (Fsp3) is 0.667. The van der Waals surface area contributed by atoms with Gasteiger partial charge < -0.3 is 15.7 Å². The number of nitrogens with zero attached hydrogens (tertiary/aromatic N) is 1. The molecule has 3 rings (SSSR count). The van der Waals surface area contributed by atoms with Crippen molar-refractivity contribution in [3.8, 4) is 5.75 Å². The highest BCUT2D eigenvalue weighted by molar-refractivity contribution is 6.07. The van der Waals surface area contributed by atoms with E-state index in [1.807, 2.05) is 12.1 Å². The van der Waals surface area contributed by atoms with Crippen molar-refractivity contribution < 1.29 is 19.5 Å². The third kappa shape index (κ3) is 5.56. The predicted octanol–water partition coefficient (Wildman–Crippen LogP) is 4.29. The zero-order valence-corrected chi connectivity index (χ0v) is 21.6. The monoisotopic (exact) mass is 471 g/mol. The van der Waals surface area contributed by atoms with Crippen molar-refractivity contribution in [2.75, 3.05) is 13.1 Å². The van der Waals surface area contributed by atoms with E-state index in [9.17, 15) is 19.5 Å².